The van der Waals surface area contributed by atoms with Crippen molar-refractivity contribution >= 4 is 95.0 Å². The SMILES string of the molecule is Cc1cc2c3c(c1)N(c1ccc(C(C)(C)C)cc1)c1c(sc4ccc(C(C)(C)C)cc14)B3c1ccc(N(c3ccc(C(C)(C)C)cc3)c3ccc(C(C)(C)C)cc3)cc1N2c1ccc(C(C)(C)C)cc1-c1ccccc1. The van der Waals surface area contributed by atoms with Crippen molar-refractivity contribution in [3.05, 3.63) is 203 Å². The first-order chi connectivity index (χ1) is 35.8. The average Bonchev–Trinajstić information content (AvgIpc) is 3.75. The minimum absolute atomic E-state index is 0.0160. The Labute approximate surface area is 459 Å². The zero-order valence-electron chi connectivity index (χ0n) is 48.0. The van der Waals surface area contributed by atoms with Crippen molar-refractivity contribution < 1.29 is 0 Å². The van der Waals surface area contributed by atoms with E-state index >= 15 is 0 Å². The van der Waals surface area contributed by atoms with Crippen LogP contribution in [0.1, 0.15) is 137 Å². The van der Waals surface area contributed by atoms with Gasteiger partial charge in [0.05, 0.1) is 11.4 Å². The van der Waals surface area contributed by atoms with Gasteiger partial charge in [0, 0.05) is 60.2 Å². The lowest BCUT2D eigenvalue weighted by Gasteiger charge is -2.44. The van der Waals surface area contributed by atoms with E-state index in [0.717, 1.165) is 22.7 Å². The van der Waals surface area contributed by atoms with E-state index in [1.165, 1.54) is 98.7 Å². The molecule has 8 aromatic carbocycles. The Kier molecular flexibility index (Phi) is 12.3. The van der Waals surface area contributed by atoms with Gasteiger partial charge in [-0.2, -0.15) is 0 Å². The van der Waals surface area contributed by atoms with Gasteiger partial charge >= 0.3 is 0 Å². The highest BCUT2D eigenvalue weighted by atomic mass is 32.1. The molecule has 2 aliphatic heterocycles. The Morgan fingerprint density at radius 3 is 1.42 bits per heavy atom. The standard InChI is InChI=1S/C71H76BN3S/c1-45-40-61-64-62(41-45)75(59-38-28-50(70(11,12)13)42-56(59)46-20-18-17-19-21-46)60-44-55(73(52-30-22-47(23-31-52)67(2,3)4)53-32-24-48(25-33-53)68(5,6)7)36-37-58(60)72(64)66-65(57-43-51(71(14,15)16)29-39-63(57)76-66)74(61)54-34-26-49(27-35-54)69(8,9)10/h17-44H,1-16H3. The molecule has 0 fully saturated rings. The number of thiophene rings is 1. The lowest BCUT2D eigenvalue weighted by atomic mass is 9.36. The van der Waals surface area contributed by atoms with Crippen LogP contribution in [0.5, 0.6) is 0 Å². The van der Waals surface area contributed by atoms with E-state index in [9.17, 15) is 0 Å². The summed E-state index contributed by atoms with van der Waals surface area (Å²) in [5.41, 5.74) is 23.6. The molecular formula is C71H76BN3S. The largest absolute Gasteiger partial charge is 0.311 e. The number of rotatable bonds is 6. The molecule has 0 spiro atoms. The first-order valence-corrected chi connectivity index (χ1v) is 28.3. The van der Waals surface area contributed by atoms with E-state index in [1.807, 2.05) is 11.3 Å². The zero-order chi connectivity index (χ0) is 54.0. The van der Waals surface area contributed by atoms with Crippen LogP contribution in [0.3, 0.4) is 0 Å². The molecule has 384 valence electrons. The van der Waals surface area contributed by atoms with Crippen LogP contribution >= 0.6 is 11.3 Å². The first-order valence-electron chi connectivity index (χ1n) is 27.5. The fourth-order valence-electron chi connectivity index (χ4n) is 11.6. The van der Waals surface area contributed by atoms with E-state index in [0.29, 0.717) is 0 Å². The van der Waals surface area contributed by atoms with E-state index in [1.54, 1.807) is 0 Å². The monoisotopic (exact) mass is 1010 g/mol. The predicted molar refractivity (Wildman–Crippen MR) is 334 cm³/mol. The summed E-state index contributed by atoms with van der Waals surface area (Å²) in [6.07, 6.45) is 0. The molecule has 0 bridgehead atoms. The van der Waals surface area contributed by atoms with Gasteiger partial charge in [0.25, 0.3) is 6.71 Å². The molecule has 9 aromatic rings. The molecule has 11 rings (SSSR count). The van der Waals surface area contributed by atoms with Gasteiger partial charge in [-0.05, 0) is 169 Å². The maximum Gasteiger partial charge on any atom is 0.264 e. The quantitative estimate of drug-likeness (QED) is 0.154. The summed E-state index contributed by atoms with van der Waals surface area (Å²) in [5.74, 6) is 0. The molecule has 0 amide bonds. The normalized spacial score (nSPS) is 13.7. The molecule has 5 heteroatoms. The van der Waals surface area contributed by atoms with Gasteiger partial charge in [0.15, 0.2) is 0 Å². The minimum Gasteiger partial charge on any atom is -0.311 e. The van der Waals surface area contributed by atoms with Crippen LogP contribution in [-0.4, -0.2) is 6.71 Å². The highest BCUT2D eigenvalue weighted by Gasteiger charge is 2.46. The summed E-state index contributed by atoms with van der Waals surface area (Å²) >= 11 is 1.97. The van der Waals surface area contributed by atoms with E-state index in [-0.39, 0.29) is 33.8 Å². The Morgan fingerprint density at radius 1 is 0.408 bits per heavy atom. The summed E-state index contributed by atoms with van der Waals surface area (Å²) in [4.78, 5) is 7.73. The maximum atomic E-state index is 2.64. The van der Waals surface area contributed by atoms with Gasteiger partial charge in [-0.3, -0.25) is 0 Å². The Bertz CT molecular complexity index is 3600. The summed E-state index contributed by atoms with van der Waals surface area (Å²) in [7, 11) is 0. The van der Waals surface area contributed by atoms with E-state index in [4.69, 9.17) is 0 Å². The van der Waals surface area contributed by atoms with Crippen molar-refractivity contribution in [2.45, 2.75) is 138 Å². The number of benzene rings is 8. The molecule has 0 saturated carbocycles. The van der Waals surface area contributed by atoms with Crippen molar-refractivity contribution in [2.75, 3.05) is 14.7 Å². The third-order valence-electron chi connectivity index (χ3n) is 16.1. The second-order valence-corrected chi connectivity index (χ2v) is 28.0. The molecule has 0 atom stereocenters. The molecule has 3 nitrogen and oxygen atoms in total. The van der Waals surface area contributed by atoms with Gasteiger partial charge in [-0.1, -0.05) is 189 Å². The molecule has 0 saturated heterocycles. The summed E-state index contributed by atoms with van der Waals surface area (Å²) in [6.45, 7) is 37.0. The molecule has 0 N–H and O–H groups in total. The summed E-state index contributed by atoms with van der Waals surface area (Å²) in [6, 6.07) is 65.9. The van der Waals surface area contributed by atoms with Crippen molar-refractivity contribution in [3.63, 3.8) is 0 Å². The third-order valence-corrected chi connectivity index (χ3v) is 17.3. The Morgan fingerprint density at radius 2 is 0.882 bits per heavy atom. The van der Waals surface area contributed by atoms with E-state index in [2.05, 4.69) is 295 Å². The predicted octanol–water partition coefficient (Wildman–Crippen LogP) is 18.9. The highest BCUT2D eigenvalue weighted by molar-refractivity contribution is 7.33. The molecule has 0 unspecified atom stereocenters. The maximum absolute atomic E-state index is 2.64. The number of aryl methyl sites for hydroxylation is 1. The second kappa shape index (κ2) is 18.2. The number of anilines is 9. The van der Waals surface area contributed by atoms with Gasteiger partial charge in [-0.25, -0.2) is 0 Å². The summed E-state index contributed by atoms with van der Waals surface area (Å²) in [5, 5.41) is 1.31. The van der Waals surface area contributed by atoms with Gasteiger partial charge in [0.1, 0.15) is 0 Å². The third kappa shape index (κ3) is 9.06. The van der Waals surface area contributed by atoms with Gasteiger partial charge < -0.3 is 14.7 Å². The average molecular weight is 1010 g/mol. The van der Waals surface area contributed by atoms with Crippen molar-refractivity contribution in [3.8, 4) is 11.1 Å². The Hall–Kier alpha value is -6.82. The van der Waals surface area contributed by atoms with Crippen molar-refractivity contribution in [2.24, 2.45) is 0 Å². The van der Waals surface area contributed by atoms with Gasteiger partial charge in [0.2, 0.25) is 0 Å². The number of fused-ring (bicyclic) bond motifs is 6. The minimum atomic E-state index is -0.0539. The number of hydrogen-bond acceptors (Lipinski definition) is 4. The lowest BCUT2D eigenvalue weighted by molar-refractivity contribution is 0.590. The number of nitrogens with zero attached hydrogens (tertiary/aromatic N) is 3. The molecule has 2 aliphatic rings. The lowest BCUT2D eigenvalue weighted by Crippen LogP contribution is -2.60. The summed E-state index contributed by atoms with van der Waals surface area (Å²) < 4.78 is 2.69. The van der Waals surface area contributed by atoms with Crippen LogP contribution in [0.15, 0.2) is 170 Å². The van der Waals surface area contributed by atoms with Crippen LogP contribution in [0.2, 0.25) is 0 Å². The van der Waals surface area contributed by atoms with Crippen LogP contribution in [-0.2, 0) is 27.1 Å². The highest BCUT2D eigenvalue weighted by Crippen LogP contribution is 2.52. The fourth-order valence-corrected chi connectivity index (χ4v) is 12.9. The van der Waals surface area contributed by atoms with Crippen LogP contribution < -0.4 is 30.4 Å². The molecule has 76 heavy (non-hydrogen) atoms. The molecule has 0 aliphatic carbocycles. The fraction of sp³-hybridized carbons (Fsp3) is 0.296. The second-order valence-electron chi connectivity index (χ2n) is 26.9. The van der Waals surface area contributed by atoms with Crippen molar-refractivity contribution in [1.29, 1.82) is 0 Å². The molecular weight excluding hydrogens is 938 g/mol. The zero-order valence-corrected chi connectivity index (χ0v) is 48.8. The molecule has 1 aromatic heterocycles. The number of hydrogen-bond donors (Lipinski definition) is 0. The van der Waals surface area contributed by atoms with Crippen LogP contribution in [0.25, 0.3) is 21.2 Å². The molecule has 0 radical (unpaired) electrons. The van der Waals surface area contributed by atoms with Gasteiger partial charge in [-0.15, -0.1) is 11.3 Å². The van der Waals surface area contributed by atoms with E-state index < -0.39 is 0 Å². The first kappa shape index (κ1) is 51.3. The van der Waals surface area contributed by atoms with Crippen LogP contribution in [0.4, 0.5) is 51.2 Å². The Balaban J connectivity index is 1.24. The van der Waals surface area contributed by atoms with Crippen molar-refractivity contribution in [1.82, 2.24) is 0 Å². The molecule has 3 heterocycles. The van der Waals surface area contributed by atoms with Crippen LogP contribution in [0, 0.1) is 6.92 Å². The smallest absolute Gasteiger partial charge is 0.264 e. The topological polar surface area (TPSA) is 9.72 Å².